The van der Waals surface area contributed by atoms with E-state index in [9.17, 15) is 5.11 Å². The number of hydrogen-bond donors (Lipinski definition) is 2. The topological polar surface area (TPSA) is 66.8 Å². The molecule has 3 aromatic rings. The molecule has 0 amide bonds. The Bertz CT molecular complexity index is 808. The van der Waals surface area contributed by atoms with Crippen LogP contribution in [0.1, 0.15) is 18.9 Å². The highest BCUT2D eigenvalue weighted by Crippen LogP contribution is 2.24. The van der Waals surface area contributed by atoms with Crippen molar-refractivity contribution in [2.45, 2.75) is 13.0 Å². The molecule has 2 N–H and O–H groups in total. The van der Waals surface area contributed by atoms with E-state index in [1.807, 2.05) is 29.6 Å². The van der Waals surface area contributed by atoms with E-state index in [4.69, 9.17) is 4.42 Å². The molecule has 2 aromatic heterocycles. The van der Waals surface area contributed by atoms with Crippen LogP contribution in [0, 0.1) is 0 Å². The first-order valence-corrected chi connectivity index (χ1v) is 9.34. The zero-order valence-electron chi connectivity index (χ0n) is 14.1. The van der Waals surface area contributed by atoms with Crippen molar-refractivity contribution in [1.29, 1.82) is 0 Å². The van der Waals surface area contributed by atoms with Crippen LogP contribution in [-0.4, -0.2) is 41.5 Å². The van der Waals surface area contributed by atoms with Crippen molar-refractivity contribution in [1.82, 2.24) is 10.2 Å². The van der Waals surface area contributed by atoms with Gasteiger partial charge in [-0.2, -0.15) is 0 Å². The van der Waals surface area contributed by atoms with Crippen LogP contribution in [0.15, 0.2) is 46.2 Å². The van der Waals surface area contributed by atoms with Gasteiger partial charge in [-0.25, -0.2) is 0 Å². The maximum atomic E-state index is 9.42. The molecule has 0 aliphatic carbocycles. The number of hydrogen-bond acceptors (Lipinski definition) is 6. The van der Waals surface area contributed by atoms with Crippen molar-refractivity contribution in [3.63, 3.8) is 0 Å². The lowest BCUT2D eigenvalue weighted by Gasteiger charge is -2.35. The van der Waals surface area contributed by atoms with E-state index in [0.717, 1.165) is 36.7 Å². The predicted octanol–water partition coefficient (Wildman–Crippen LogP) is 1.97. The van der Waals surface area contributed by atoms with Crippen LogP contribution in [0.2, 0.25) is 0 Å². The van der Waals surface area contributed by atoms with E-state index >= 15 is 0 Å². The first-order chi connectivity index (χ1) is 12.2. The maximum absolute atomic E-state index is 9.42. The Morgan fingerprint density at radius 3 is 2.60 bits per heavy atom. The normalized spacial score (nSPS) is 16.9. The lowest BCUT2D eigenvalue weighted by molar-refractivity contribution is -0.931. The number of nitrogens with one attached hydrogen (secondary N) is 1. The summed E-state index contributed by atoms with van der Waals surface area (Å²) >= 11 is 1.61. The van der Waals surface area contributed by atoms with Gasteiger partial charge in [-0.3, -0.25) is 0 Å². The molecular formula is C18H21N4O2S+. The van der Waals surface area contributed by atoms with Crippen molar-refractivity contribution >= 4 is 17.0 Å². The summed E-state index contributed by atoms with van der Waals surface area (Å²) in [7, 11) is 0. The van der Waals surface area contributed by atoms with Gasteiger partial charge in [0, 0.05) is 5.69 Å². The Morgan fingerprint density at radius 2 is 1.92 bits per heavy atom. The van der Waals surface area contributed by atoms with E-state index < -0.39 is 0 Å². The van der Waals surface area contributed by atoms with Crippen molar-refractivity contribution in [3.05, 3.63) is 47.7 Å². The molecule has 1 aromatic carbocycles. The zero-order valence-corrected chi connectivity index (χ0v) is 14.9. The molecule has 1 fully saturated rings. The van der Waals surface area contributed by atoms with Crippen molar-refractivity contribution in [2.75, 3.05) is 31.1 Å². The monoisotopic (exact) mass is 357 g/mol. The molecule has 7 heteroatoms. The minimum absolute atomic E-state index is 0.184. The number of quaternary nitrogens is 1. The average molecular weight is 357 g/mol. The Kier molecular flexibility index (Phi) is 4.42. The second-order valence-electron chi connectivity index (χ2n) is 6.31. The highest BCUT2D eigenvalue weighted by molar-refractivity contribution is 7.13. The second-order valence-corrected chi connectivity index (χ2v) is 7.25. The average Bonchev–Trinajstić information content (AvgIpc) is 3.33. The van der Waals surface area contributed by atoms with E-state index in [2.05, 4.69) is 22.0 Å². The van der Waals surface area contributed by atoms with E-state index in [1.165, 1.54) is 4.90 Å². The number of piperazine rings is 1. The molecule has 1 aliphatic heterocycles. The third kappa shape index (κ3) is 3.38. The van der Waals surface area contributed by atoms with Crippen LogP contribution in [0.5, 0.6) is 5.75 Å². The molecule has 0 saturated carbocycles. The second kappa shape index (κ2) is 6.85. The van der Waals surface area contributed by atoms with Crippen LogP contribution in [0.25, 0.3) is 10.8 Å². The molecule has 130 valence electrons. The zero-order chi connectivity index (χ0) is 17.2. The third-order valence-electron chi connectivity index (χ3n) is 4.78. The van der Waals surface area contributed by atoms with Crippen molar-refractivity contribution in [3.8, 4) is 16.5 Å². The standard InChI is InChI=1S/C18H20N4O2S/c1-13(17-19-20-18(24-17)16-3-2-12-25-16)21-8-10-22(11-9-21)14-4-6-15(23)7-5-14/h2-7,12-13,23H,8-11H2,1H3/p+1/t13-/m1/s1. The first kappa shape index (κ1) is 16.1. The number of phenolic OH excluding ortho intramolecular Hbond substituents is 1. The van der Waals surface area contributed by atoms with Gasteiger partial charge in [0.1, 0.15) is 5.75 Å². The molecule has 0 radical (unpaired) electrons. The lowest BCUT2D eigenvalue weighted by Crippen LogP contribution is -3.14. The Labute approximate surface area is 150 Å². The van der Waals surface area contributed by atoms with Crippen LogP contribution in [-0.2, 0) is 0 Å². The van der Waals surface area contributed by atoms with Gasteiger partial charge < -0.3 is 19.3 Å². The summed E-state index contributed by atoms with van der Waals surface area (Å²) in [5.74, 6) is 1.62. The quantitative estimate of drug-likeness (QED) is 0.747. The molecule has 25 heavy (non-hydrogen) atoms. The van der Waals surface area contributed by atoms with Crippen LogP contribution in [0.3, 0.4) is 0 Å². The van der Waals surface area contributed by atoms with Gasteiger partial charge in [0.25, 0.3) is 11.8 Å². The van der Waals surface area contributed by atoms with Gasteiger partial charge in [0.05, 0.1) is 31.1 Å². The van der Waals surface area contributed by atoms with Gasteiger partial charge >= 0.3 is 0 Å². The minimum Gasteiger partial charge on any atom is -0.508 e. The van der Waals surface area contributed by atoms with Crippen molar-refractivity contribution < 1.29 is 14.4 Å². The summed E-state index contributed by atoms with van der Waals surface area (Å²) in [5.41, 5.74) is 1.15. The predicted molar refractivity (Wildman–Crippen MR) is 97.0 cm³/mol. The number of anilines is 1. The molecule has 0 unspecified atom stereocenters. The van der Waals surface area contributed by atoms with E-state index in [-0.39, 0.29) is 6.04 Å². The number of rotatable bonds is 4. The molecule has 0 spiro atoms. The summed E-state index contributed by atoms with van der Waals surface area (Å²) in [6.07, 6.45) is 0. The molecule has 1 aliphatic rings. The molecule has 6 nitrogen and oxygen atoms in total. The largest absolute Gasteiger partial charge is 0.508 e. The molecule has 3 heterocycles. The fraction of sp³-hybridized carbons (Fsp3) is 0.333. The van der Waals surface area contributed by atoms with Crippen molar-refractivity contribution in [2.24, 2.45) is 0 Å². The molecule has 1 atom stereocenters. The fourth-order valence-electron chi connectivity index (χ4n) is 3.23. The number of phenols is 1. The Hall–Kier alpha value is -2.38. The summed E-state index contributed by atoms with van der Waals surface area (Å²) in [4.78, 5) is 4.81. The molecular weight excluding hydrogens is 336 g/mol. The highest BCUT2D eigenvalue weighted by atomic mass is 32.1. The Morgan fingerprint density at radius 1 is 1.16 bits per heavy atom. The van der Waals surface area contributed by atoms with Gasteiger partial charge in [-0.05, 0) is 42.6 Å². The molecule has 0 bridgehead atoms. The third-order valence-corrected chi connectivity index (χ3v) is 5.63. The van der Waals surface area contributed by atoms with Crippen LogP contribution in [0.4, 0.5) is 5.69 Å². The van der Waals surface area contributed by atoms with E-state index in [1.54, 1.807) is 23.5 Å². The van der Waals surface area contributed by atoms with Crippen LogP contribution >= 0.6 is 11.3 Å². The maximum Gasteiger partial charge on any atom is 0.274 e. The van der Waals surface area contributed by atoms with Gasteiger partial charge in [-0.15, -0.1) is 21.5 Å². The SMILES string of the molecule is C[C@H](c1nnc(-c2cccs2)o1)[NH+]1CCN(c2ccc(O)cc2)CC1. The number of thiophene rings is 1. The van der Waals surface area contributed by atoms with Gasteiger partial charge in [0.15, 0.2) is 6.04 Å². The van der Waals surface area contributed by atoms with Crippen LogP contribution < -0.4 is 9.80 Å². The van der Waals surface area contributed by atoms with Gasteiger partial charge in [0.2, 0.25) is 0 Å². The first-order valence-electron chi connectivity index (χ1n) is 8.46. The summed E-state index contributed by atoms with van der Waals surface area (Å²) in [6.45, 7) is 6.11. The fourth-order valence-corrected chi connectivity index (χ4v) is 3.88. The van der Waals surface area contributed by atoms with Gasteiger partial charge in [-0.1, -0.05) is 6.07 Å². The number of nitrogens with zero attached hydrogens (tertiary/aromatic N) is 3. The summed E-state index contributed by atoms with van der Waals surface area (Å²) in [6, 6.07) is 11.6. The lowest BCUT2D eigenvalue weighted by atomic mass is 10.2. The number of aromatic nitrogens is 2. The number of benzene rings is 1. The minimum atomic E-state index is 0.184. The van der Waals surface area contributed by atoms with E-state index in [0.29, 0.717) is 17.5 Å². The Balaban J connectivity index is 1.39. The summed E-state index contributed by atoms with van der Waals surface area (Å²) < 4.78 is 5.89. The molecule has 1 saturated heterocycles. The molecule has 4 rings (SSSR count). The smallest absolute Gasteiger partial charge is 0.274 e. The highest BCUT2D eigenvalue weighted by Gasteiger charge is 2.29. The number of aromatic hydroxyl groups is 1. The summed E-state index contributed by atoms with van der Waals surface area (Å²) in [5, 5.41) is 19.9.